The minimum absolute atomic E-state index is 0.0884. The number of phenols is 1. The summed E-state index contributed by atoms with van der Waals surface area (Å²) in [5.74, 6) is 0.537. The molecule has 0 aromatic heterocycles. The standard InChI is InChI=1S/C21H24N2O2/c1-2-14-8-9-18-17(11-14)20(23-10-4-7-21(23)25)13-19(22-18)15-5-3-6-16(24)12-15/h3,5-6,8-9,11-12,19-20,22,24H,2,4,7,10,13H2,1H3. The van der Waals surface area contributed by atoms with Crippen LogP contribution in [-0.2, 0) is 11.2 Å². The molecule has 2 N–H and O–H groups in total. The van der Waals surface area contributed by atoms with E-state index in [9.17, 15) is 9.90 Å². The molecule has 1 fully saturated rings. The van der Waals surface area contributed by atoms with Gasteiger partial charge in [-0.05, 0) is 54.2 Å². The number of nitrogens with zero attached hydrogens (tertiary/aromatic N) is 1. The zero-order valence-corrected chi connectivity index (χ0v) is 14.5. The van der Waals surface area contributed by atoms with E-state index in [0.29, 0.717) is 6.42 Å². The molecule has 2 aromatic rings. The Labute approximate surface area is 148 Å². The number of fused-ring (bicyclic) bond motifs is 1. The van der Waals surface area contributed by atoms with E-state index >= 15 is 0 Å². The lowest BCUT2D eigenvalue weighted by atomic mass is 9.87. The Morgan fingerprint density at radius 2 is 2.12 bits per heavy atom. The predicted molar refractivity (Wildman–Crippen MR) is 98.6 cm³/mol. The second kappa shape index (κ2) is 6.43. The zero-order valence-electron chi connectivity index (χ0n) is 14.5. The summed E-state index contributed by atoms with van der Waals surface area (Å²) in [7, 11) is 0. The van der Waals surface area contributed by atoms with E-state index in [1.54, 1.807) is 6.07 Å². The van der Waals surface area contributed by atoms with Crippen LogP contribution < -0.4 is 5.32 Å². The number of hydrogen-bond acceptors (Lipinski definition) is 3. The third-order valence-corrected chi connectivity index (χ3v) is 5.43. The molecule has 2 aliphatic rings. The fraction of sp³-hybridized carbons (Fsp3) is 0.381. The molecule has 25 heavy (non-hydrogen) atoms. The zero-order chi connectivity index (χ0) is 17.4. The normalized spacial score (nSPS) is 22.6. The van der Waals surface area contributed by atoms with Gasteiger partial charge in [-0.25, -0.2) is 0 Å². The number of likely N-dealkylation sites (tertiary alicyclic amines) is 1. The number of amides is 1. The molecule has 0 aliphatic carbocycles. The number of phenolic OH excluding ortho intramolecular Hbond substituents is 1. The first-order valence-corrected chi connectivity index (χ1v) is 9.13. The predicted octanol–water partition coefficient (Wildman–Crippen LogP) is 4.18. The lowest BCUT2D eigenvalue weighted by Gasteiger charge is -2.38. The van der Waals surface area contributed by atoms with Crippen LogP contribution in [0.1, 0.15) is 55.0 Å². The third-order valence-electron chi connectivity index (χ3n) is 5.43. The van der Waals surface area contributed by atoms with Crippen molar-refractivity contribution in [2.24, 2.45) is 0 Å². The second-order valence-electron chi connectivity index (χ2n) is 7.01. The van der Waals surface area contributed by atoms with Crippen molar-refractivity contribution >= 4 is 11.6 Å². The lowest BCUT2D eigenvalue weighted by molar-refractivity contribution is -0.130. The van der Waals surface area contributed by atoms with Crippen molar-refractivity contribution in [1.82, 2.24) is 4.90 Å². The smallest absolute Gasteiger partial charge is 0.223 e. The number of anilines is 1. The number of rotatable bonds is 3. The van der Waals surface area contributed by atoms with Gasteiger partial charge in [-0.15, -0.1) is 0 Å². The van der Waals surface area contributed by atoms with Gasteiger partial charge in [-0.1, -0.05) is 31.2 Å². The van der Waals surface area contributed by atoms with Crippen molar-refractivity contribution in [3.63, 3.8) is 0 Å². The molecular formula is C21H24N2O2. The minimum Gasteiger partial charge on any atom is -0.508 e. The highest BCUT2D eigenvalue weighted by molar-refractivity contribution is 5.79. The number of aromatic hydroxyl groups is 1. The summed E-state index contributed by atoms with van der Waals surface area (Å²) in [6.07, 6.45) is 3.42. The maximum atomic E-state index is 12.4. The highest BCUT2D eigenvalue weighted by atomic mass is 16.3. The molecule has 0 radical (unpaired) electrons. The Kier molecular flexibility index (Phi) is 4.12. The van der Waals surface area contributed by atoms with E-state index in [0.717, 1.165) is 37.1 Å². The van der Waals surface area contributed by atoms with Crippen LogP contribution in [0.3, 0.4) is 0 Å². The Balaban J connectivity index is 1.74. The van der Waals surface area contributed by atoms with Gasteiger partial charge >= 0.3 is 0 Å². The van der Waals surface area contributed by atoms with Gasteiger partial charge in [-0.3, -0.25) is 4.79 Å². The highest BCUT2D eigenvalue weighted by Crippen LogP contribution is 2.44. The molecule has 1 amide bonds. The summed E-state index contributed by atoms with van der Waals surface area (Å²) in [6, 6.07) is 14.1. The van der Waals surface area contributed by atoms with Crippen molar-refractivity contribution in [1.29, 1.82) is 0 Å². The van der Waals surface area contributed by atoms with Crippen LogP contribution in [-0.4, -0.2) is 22.5 Å². The van der Waals surface area contributed by atoms with Crippen LogP contribution in [0.25, 0.3) is 0 Å². The summed E-state index contributed by atoms with van der Waals surface area (Å²) in [5.41, 5.74) is 4.68. The van der Waals surface area contributed by atoms with E-state index in [4.69, 9.17) is 0 Å². The topological polar surface area (TPSA) is 52.6 Å². The molecule has 130 valence electrons. The summed E-state index contributed by atoms with van der Waals surface area (Å²) >= 11 is 0. The molecule has 0 saturated carbocycles. The minimum atomic E-state index is 0.0884. The maximum absolute atomic E-state index is 12.4. The van der Waals surface area contributed by atoms with Crippen LogP contribution in [0.2, 0.25) is 0 Å². The van der Waals surface area contributed by atoms with Gasteiger partial charge in [0.25, 0.3) is 0 Å². The van der Waals surface area contributed by atoms with Crippen molar-refractivity contribution in [2.45, 2.75) is 44.7 Å². The Bertz CT molecular complexity index is 802. The van der Waals surface area contributed by atoms with E-state index in [1.807, 2.05) is 18.2 Å². The molecule has 0 bridgehead atoms. The molecular weight excluding hydrogens is 312 g/mol. The van der Waals surface area contributed by atoms with Gasteiger partial charge in [0.05, 0.1) is 12.1 Å². The first kappa shape index (κ1) is 16.0. The van der Waals surface area contributed by atoms with Crippen LogP contribution >= 0.6 is 0 Å². The third kappa shape index (κ3) is 2.97. The second-order valence-corrected chi connectivity index (χ2v) is 7.01. The van der Waals surface area contributed by atoms with Crippen LogP contribution in [0, 0.1) is 0 Å². The van der Waals surface area contributed by atoms with E-state index in [2.05, 4.69) is 35.3 Å². The summed E-state index contributed by atoms with van der Waals surface area (Å²) in [4.78, 5) is 14.5. The van der Waals surface area contributed by atoms with Crippen molar-refractivity contribution in [3.05, 3.63) is 59.2 Å². The molecule has 0 spiro atoms. The number of carbonyl (C=O) groups is 1. The molecule has 2 heterocycles. The van der Waals surface area contributed by atoms with Gasteiger partial charge in [0.15, 0.2) is 0 Å². The van der Waals surface area contributed by atoms with Crippen LogP contribution in [0.15, 0.2) is 42.5 Å². The molecule has 4 nitrogen and oxygen atoms in total. The number of carbonyl (C=O) groups excluding carboxylic acids is 1. The summed E-state index contributed by atoms with van der Waals surface area (Å²) in [5, 5.41) is 13.4. The van der Waals surface area contributed by atoms with Crippen molar-refractivity contribution in [2.75, 3.05) is 11.9 Å². The number of hydrogen-bond donors (Lipinski definition) is 2. The quantitative estimate of drug-likeness (QED) is 0.884. The van der Waals surface area contributed by atoms with Gasteiger partial charge in [0.2, 0.25) is 5.91 Å². The molecule has 2 atom stereocenters. The largest absolute Gasteiger partial charge is 0.508 e. The number of aryl methyl sites for hydroxylation is 1. The monoisotopic (exact) mass is 336 g/mol. The Morgan fingerprint density at radius 3 is 2.84 bits per heavy atom. The highest BCUT2D eigenvalue weighted by Gasteiger charge is 2.35. The molecule has 1 saturated heterocycles. The first-order valence-electron chi connectivity index (χ1n) is 9.13. The lowest BCUT2D eigenvalue weighted by Crippen LogP contribution is -2.35. The fourth-order valence-corrected chi connectivity index (χ4v) is 4.09. The molecule has 2 aliphatic heterocycles. The van der Waals surface area contributed by atoms with E-state index < -0.39 is 0 Å². The van der Waals surface area contributed by atoms with Gasteiger partial charge in [0, 0.05) is 18.7 Å². The van der Waals surface area contributed by atoms with Gasteiger partial charge in [-0.2, -0.15) is 0 Å². The summed E-state index contributed by atoms with van der Waals surface area (Å²) in [6.45, 7) is 3.00. The Hall–Kier alpha value is -2.49. The van der Waals surface area contributed by atoms with E-state index in [1.165, 1.54) is 11.1 Å². The van der Waals surface area contributed by atoms with Crippen LogP contribution in [0.5, 0.6) is 5.75 Å². The van der Waals surface area contributed by atoms with E-state index in [-0.39, 0.29) is 23.7 Å². The van der Waals surface area contributed by atoms with Gasteiger partial charge in [0.1, 0.15) is 5.75 Å². The summed E-state index contributed by atoms with van der Waals surface area (Å²) < 4.78 is 0. The number of benzene rings is 2. The van der Waals surface area contributed by atoms with Crippen LogP contribution in [0.4, 0.5) is 5.69 Å². The maximum Gasteiger partial charge on any atom is 0.223 e. The van der Waals surface area contributed by atoms with Crippen molar-refractivity contribution < 1.29 is 9.90 Å². The number of nitrogens with one attached hydrogen (secondary N) is 1. The molecule has 4 heteroatoms. The average molecular weight is 336 g/mol. The molecule has 2 aromatic carbocycles. The van der Waals surface area contributed by atoms with Gasteiger partial charge < -0.3 is 15.3 Å². The first-order chi connectivity index (χ1) is 12.2. The fourth-order valence-electron chi connectivity index (χ4n) is 4.09. The molecule has 2 unspecified atom stereocenters. The Morgan fingerprint density at radius 1 is 1.24 bits per heavy atom. The molecule has 4 rings (SSSR count). The van der Waals surface area contributed by atoms with Crippen molar-refractivity contribution in [3.8, 4) is 5.75 Å². The SMILES string of the molecule is CCc1ccc2c(c1)C(N1CCCC1=O)CC(c1cccc(O)c1)N2. The average Bonchev–Trinajstić information content (AvgIpc) is 3.06.